The molecule has 0 fully saturated rings. The summed E-state index contributed by atoms with van der Waals surface area (Å²) in [6, 6.07) is 3.86. The number of thioether (sulfide) groups is 1. The van der Waals surface area contributed by atoms with Crippen LogP contribution in [0, 0.1) is 5.82 Å². The van der Waals surface area contributed by atoms with Crippen LogP contribution in [0.1, 0.15) is 6.42 Å². The molecule has 3 nitrogen and oxygen atoms in total. The van der Waals surface area contributed by atoms with E-state index in [4.69, 9.17) is 17.3 Å². The Bertz CT molecular complexity index is 390. The highest BCUT2D eigenvalue weighted by Gasteiger charge is 2.06. The number of halogens is 2. The lowest BCUT2D eigenvalue weighted by molar-refractivity contribution is -0.113. The minimum absolute atomic E-state index is 0.152. The molecule has 0 radical (unpaired) electrons. The largest absolute Gasteiger partial charge is 0.330 e. The zero-order chi connectivity index (χ0) is 12.7. The average molecular weight is 277 g/mol. The first-order valence-electron chi connectivity index (χ1n) is 5.16. The SMILES string of the molecule is NCCCSCC(=O)Nc1ccc(F)cc1Cl. The van der Waals surface area contributed by atoms with Gasteiger partial charge in [-0.1, -0.05) is 11.6 Å². The van der Waals surface area contributed by atoms with Gasteiger partial charge in [-0.2, -0.15) is 11.8 Å². The summed E-state index contributed by atoms with van der Waals surface area (Å²) in [6.45, 7) is 0.623. The number of nitrogens with one attached hydrogen (secondary N) is 1. The van der Waals surface area contributed by atoms with Crippen LogP contribution in [-0.4, -0.2) is 24.0 Å². The fourth-order valence-electron chi connectivity index (χ4n) is 1.13. The third-order valence-corrected chi connectivity index (χ3v) is 3.29. The molecule has 0 saturated heterocycles. The Balaban J connectivity index is 2.40. The molecule has 0 aliphatic heterocycles. The van der Waals surface area contributed by atoms with Crippen LogP contribution in [0.4, 0.5) is 10.1 Å². The van der Waals surface area contributed by atoms with Crippen molar-refractivity contribution in [1.29, 1.82) is 0 Å². The van der Waals surface area contributed by atoms with Gasteiger partial charge in [0.25, 0.3) is 0 Å². The van der Waals surface area contributed by atoms with Crippen LogP contribution in [0.5, 0.6) is 0 Å². The quantitative estimate of drug-likeness (QED) is 0.785. The second-order valence-electron chi connectivity index (χ2n) is 3.37. The van der Waals surface area contributed by atoms with E-state index in [9.17, 15) is 9.18 Å². The lowest BCUT2D eigenvalue weighted by Crippen LogP contribution is -2.15. The van der Waals surface area contributed by atoms with Gasteiger partial charge in [0.15, 0.2) is 0 Å². The number of carbonyl (C=O) groups excluding carboxylic acids is 1. The first kappa shape index (κ1) is 14.3. The van der Waals surface area contributed by atoms with Crippen molar-refractivity contribution in [3.8, 4) is 0 Å². The molecule has 0 aromatic heterocycles. The predicted octanol–water partition coefficient (Wildman–Crippen LogP) is 2.50. The molecule has 0 saturated carbocycles. The number of rotatable bonds is 6. The summed E-state index contributed by atoms with van der Waals surface area (Å²) in [5, 5.41) is 2.82. The Hall–Kier alpha value is -0.780. The zero-order valence-electron chi connectivity index (χ0n) is 9.21. The van der Waals surface area contributed by atoms with Gasteiger partial charge in [0.1, 0.15) is 5.82 Å². The van der Waals surface area contributed by atoms with Crippen molar-refractivity contribution < 1.29 is 9.18 Å². The molecule has 0 aliphatic rings. The number of anilines is 1. The molecule has 0 spiro atoms. The van der Waals surface area contributed by atoms with Crippen molar-refractivity contribution in [2.45, 2.75) is 6.42 Å². The summed E-state index contributed by atoms with van der Waals surface area (Å²) in [6.07, 6.45) is 0.884. The van der Waals surface area contributed by atoms with E-state index in [0.717, 1.165) is 12.2 Å². The highest BCUT2D eigenvalue weighted by Crippen LogP contribution is 2.22. The molecule has 0 bridgehead atoms. The maximum Gasteiger partial charge on any atom is 0.234 e. The number of nitrogens with two attached hydrogens (primary N) is 1. The van der Waals surface area contributed by atoms with E-state index in [1.165, 1.54) is 30.0 Å². The van der Waals surface area contributed by atoms with Crippen molar-refractivity contribution in [2.24, 2.45) is 5.73 Å². The van der Waals surface area contributed by atoms with Gasteiger partial charge in [0, 0.05) is 0 Å². The fourth-order valence-corrected chi connectivity index (χ4v) is 2.11. The van der Waals surface area contributed by atoms with E-state index in [2.05, 4.69) is 5.32 Å². The van der Waals surface area contributed by atoms with Gasteiger partial charge < -0.3 is 11.1 Å². The number of amides is 1. The van der Waals surface area contributed by atoms with Gasteiger partial charge in [-0.3, -0.25) is 4.79 Å². The van der Waals surface area contributed by atoms with Crippen LogP contribution in [0.3, 0.4) is 0 Å². The van der Waals surface area contributed by atoms with Gasteiger partial charge in [-0.15, -0.1) is 0 Å². The van der Waals surface area contributed by atoms with E-state index < -0.39 is 5.82 Å². The minimum atomic E-state index is -0.426. The first-order chi connectivity index (χ1) is 8.13. The summed E-state index contributed by atoms with van der Waals surface area (Å²) in [7, 11) is 0. The molecule has 17 heavy (non-hydrogen) atoms. The molecule has 6 heteroatoms. The number of hydrogen-bond acceptors (Lipinski definition) is 3. The van der Waals surface area contributed by atoms with Crippen LogP contribution in [0.15, 0.2) is 18.2 Å². The van der Waals surface area contributed by atoms with Crippen molar-refractivity contribution in [3.05, 3.63) is 29.0 Å². The van der Waals surface area contributed by atoms with Gasteiger partial charge in [0.05, 0.1) is 16.5 Å². The van der Waals surface area contributed by atoms with Crippen LogP contribution in [0.25, 0.3) is 0 Å². The highest BCUT2D eigenvalue weighted by molar-refractivity contribution is 7.99. The molecule has 1 rings (SSSR count). The Morgan fingerprint density at radius 1 is 1.53 bits per heavy atom. The monoisotopic (exact) mass is 276 g/mol. The molecule has 0 atom stereocenters. The van der Waals surface area contributed by atoms with Crippen LogP contribution in [-0.2, 0) is 4.79 Å². The fraction of sp³-hybridized carbons (Fsp3) is 0.364. The number of hydrogen-bond donors (Lipinski definition) is 2. The zero-order valence-corrected chi connectivity index (χ0v) is 10.8. The van der Waals surface area contributed by atoms with Crippen molar-refractivity contribution >= 4 is 35.0 Å². The van der Waals surface area contributed by atoms with E-state index >= 15 is 0 Å². The van der Waals surface area contributed by atoms with Crippen LogP contribution < -0.4 is 11.1 Å². The summed E-state index contributed by atoms with van der Waals surface area (Å²) in [5.74, 6) is 0.611. The third kappa shape index (κ3) is 5.39. The minimum Gasteiger partial charge on any atom is -0.330 e. The molecule has 0 unspecified atom stereocenters. The summed E-state index contributed by atoms with van der Waals surface area (Å²) >= 11 is 7.28. The summed E-state index contributed by atoms with van der Waals surface area (Å²) in [4.78, 5) is 11.5. The van der Waals surface area contributed by atoms with Crippen molar-refractivity contribution in [2.75, 3.05) is 23.4 Å². The molecule has 0 heterocycles. The van der Waals surface area contributed by atoms with E-state index in [1.807, 2.05) is 0 Å². The molecular formula is C11H14ClFN2OS. The van der Waals surface area contributed by atoms with E-state index in [1.54, 1.807) is 0 Å². The molecule has 3 N–H and O–H groups in total. The Morgan fingerprint density at radius 2 is 2.29 bits per heavy atom. The lowest BCUT2D eigenvalue weighted by atomic mass is 10.3. The van der Waals surface area contributed by atoms with Gasteiger partial charge in [-0.25, -0.2) is 4.39 Å². The molecule has 94 valence electrons. The molecule has 1 amide bonds. The second kappa shape index (κ2) is 7.53. The molecule has 1 aromatic carbocycles. The van der Waals surface area contributed by atoms with Gasteiger partial charge >= 0.3 is 0 Å². The second-order valence-corrected chi connectivity index (χ2v) is 4.88. The Morgan fingerprint density at radius 3 is 2.94 bits per heavy atom. The van der Waals surface area contributed by atoms with Crippen LogP contribution >= 0.6 is 23.4 Å². The smallest absolute Gasteiger partial charge is 0.234 e. The van der Waals surface area contributed by atoms with Crippen molar-refractivity contribution in [1.82, 2.24) is 0 Å². The van der Waals surface area contributed by atoms with E-state index in [0.29, 0.717) is 18.0 Å². The van der Waals surface area contributed by atoms with Gasteiger partial charge in [0.2, 0.25) is 5.91 Å². The highest BCUT2D eigenvalue weighted by atomic mass is 35.5. The predicted molar refractivity (Wildman–Crippen MR) is 71.0 cm³/mol. The maximum atomic E-state index is 12.8. The topological polar surface area (TPSA) is 55.1 Å². The summed E-state index contributed by atoms with van der Waals surface area (Å²) < 4.78 is 12.8. The Labute approximate surface area is 109 Å². The number of carbonyl (C=O) groups is 1. The molecule has 1 aromatic rings. The average Bonchev–Trinajstić information content (AvgIpc) is 2.28. The maximum absolute atomic E-state index is 12.8. The normalized spacial score (nSPS) is 10.3. The third-order valence-electron chi connectivity index (χ3n) is 1.93. The van der Waals surface area contributed by atoms with Crippen LogP contribution in [0.2, 0.25) is 5.02 Å². The molecular weight excluding hydrogens is 263 g/mol. The standard InChI is InChI=1S/C11H14ClFN2OS/c12-9-6-8(13)2-3-10(9)15-11(16)7-17-5-1-4-14/h2-3,6H,1,4-5,7,14H2,(H,15,16). The van der Waals surface area contributed by atoms with E-state index in [-0.39, 0.29) is 10.9 Å². The lowest BCUT2D eigenvalue weighted by Gasteiger charge is -2.06. The van der Waals surface area contributed by atoms with Gasteiger partial charge in [-0.05, 0) is 36.9 Å². The first-order valence-corrected chi connectivity index (χ1v) is 6.69. The number of benzene rings is 1. The molecule has 0 aliphatic carbocycles. The van der Waals surface area contributed by atoms with Crippen molar-refractivity contribution in [3.63, 3.8) is 0 Å². The summed E-state index contributed by atoms with van der Waals surface area (Å²) in [5.41, 5.74) is 5.76. The Kier molecular flexibility index (Phi) is 6.32.